The van der Waals surface area contributed by atoms with Crippen LogP contribution in [0.5, 0.6) is 5.75 Å². The van der Waals surface area contributed by atoms with Gasteiger partial charge < -0.3 is 14.6 Å². The first kappa shape index (κ1) is 24.5. The maximum absolute atomic E-state index is 11.7. The van der Waals surface area contributed by atoms with Gasteiger partial charge in [-0.05, 0) is 55.0 Å². The summed E-state index contributed by atoms with van der Waals surface area (Å²) in [7, 11) is 0. The normalized spacial score (nSPS) is 12.1. The van der Waals surface area contributed by atoms with E-state index in [4.69, 9.17) is 9.47 Å². The molecule has 1 aromatic heterocycles. The van der Waals surface area contributed by atoms with Crippen LogP contribution in [0.4, 0.5) is 0 Å². The van der Waals surface area contributed by atoms with Gasteiger partial charge in [-0.2, -0.15) is 5.10 Å². The lowest BCUT2D eigenvalue weighted by atomic mass is 9.99. The molecular formula is C29H32N2O4. The first-order valence-corrected chi connectivity index (χ1v) is 12.1. The van der Waals surface area contributed by atoms with Crippen LogP contribution in [-0.4, -0.2) is 40.2 Å². The highest BCUT2D eigenvalue weighted by atomic mass is 16.5. The second kappa shape index (κ2) is 11.2. The first-order chi connectivity index (χ1) is 17.0. The van der Waals surface area contributed by atoms with Gasteiger partial charge in [-0.25, -0.2) is 9.48 Å². The average molecular weight is 473 g/mol. The molecule has 0 amide bonds. The van der Waals surface area contributed by atoms with Gasteiger partial charge in [0.15, 0.2) is 6.10 Å². The Morgan fingerprint density at radius 3 is 2.43 bits per heavy atom. The van der Waals surface area contributed by atoms with Crippen LogP contribution in [-0.2, 0) is 22.4 Å². The molecule has 0 bridgehead atoms. The van der Waals surface area contributed by atoms with Crippen molar-refractivity contribution >= 4 is 16.7 Å². The summed E-state index contributed by atoms with van der Waals surface area (Å²) < 4.78 is 13.7. The summed E-state index contributed by atoms with van der Waals surface area (Å²) in [5, 5.41) is 16.2. The fourth-order valence-corrected chi connectivity index (χ4v) is 4.16. The van der Waals surface area contributed by atoms with E-state index in [-0.39, 0.29) is 0 Å². The van der Waals surface area contributed by atoms with Crippen molar-refractivity contribution in [1.29, 1.82) is 0 Å². The number of aryl methyl sites for hydroxylation is 2. The van der Waals surface area contributed by atoms with Crippen LogP contribution in [0.15, 0.2) is 66.9 Å². The van der Waals surface area contributed by atoms with Gasteiger partial charge in [0.1, 0.15) is 5.75 Å². The minimum atomic E-state index is -0.940. The van der Waals surface area contributed by atoms with E-state index in [0.29, 0.717) is 19.6 Å². The highest BCUT2D eigenvalue weighted by Crippen LogP contribution is 2.30. The van der Waals surface area contributed by atoms with Crippen molar-refractivity contribution in [3.05, 3.63) is 89.2 Å². The van der Waals surface area contributed by atoms with E-state index in [1.165, 1.54) is 5.56 Å². The molecule has 182 valence electrons. The van der Waals surface area contributed by atoms with Gasteiger partial charge in [0, 0.05) is 31.0 Å². The lowest BCUT2D eigenvalue weighted by molar-refractivity contribution is -0.150. The molecule has 0 saturated carbocycles. The number of fused-ring (bicyclic) bond motifs is 1. The van der Waals surface area contributed by atoms with Crippen LogP contribution in [0.1, 0.15) is 35.7 Å². The molecule has 6 heteroatoms. The monoisotopic (exact) mass is 472 g/mol. The van der Waals surface area contributed by atoms with Crippen molar-refractivity contribution in [2.45, 2.75) is 46.1 Å². The van der Waals surface area contributed by atoms with E-state index in [1.807, 2.05) is 54.9 Å². The third kappa shape index (κ3) is 5.89. The summed E-state index contributed by atoms with van der Waals surface area (Å²) in [6, 6.07) is 20.1. The number of benzene rings is 3. The van der Waals surface area contributed by atoms with Crippen LogP contribution >= 0.6 is 0 Å². The van der Waals surface area contributed by atoms with Crippen molar-refractivity contribution in [2.24, 2.45) is 0 Å². The van der Waals surface area contributed by atoms with Crippen LogP contribution < -0.4 is 4.74 Å². The quantitative estimate of drug-likeness (QED) is 0.304. The number of aliphatic carboxylic acids is 1. The predicted molar refractivity (Wildman–Crippen MR) is 138 cm³/mol. The molecule has 4 rings (SSSR count). The molecule has 0 aliphatic carbocycles. The number of rotatable bonds is 11. The number of nitrogens with zero attached hydrogens (tertiary/aromatic N) is 2. The van der Waals surface area contributed by atoms with Gasteiger partial charge in [-0.3, -0.25) is 0 Å². The molecule has 1 atom stereocenters. The second-order valence-electron chi connectivity index (χ2n) is 8.79. The topological polar surface area (TPSA) is 73.6 Å². The maximum atomic E-state index is 11.7. The Morgan fingerprint density at radius 2 is 1.71 bits per heavy atom. The molecule has 3 aromatic carbocycles. The second-order valence-corrected chi connectivity index (χ2v) is 8.79. The largest absolute Gasteiger partial charge is 0.493 e. The summed E-state index contributed by atoms with van der Waals surface area (Å²) in [5.41, 5.74) is 5.32. The van der Waals surface area contributed by atoms with Gasteiger partial charge in [0.25, 0.3) is 0 Å². The molecule has 0 radical (unpaired) electrons. The van der Waals surface area contributed by atoms with Crippen molar-refractivity contribution in [3.8, 4) is 11.4 Å². The van der Waals surface area contributed by atoms with Crippen molar-refractivity contribution < 1.29 is 19.4 Å². The molecule has 0 aliphatic heterocycles. The summed E-state index contributed by atoms with van der Waals surface area (Å²) in [6.07, 6.45) is 3.03. The van der Waals surface area contributed by atoms with Gasteiger partial charge in [-0.15, -0.1) is 0 Å². The molecular weight excluding hydrogens is 440 g/mol. The molecule has 1 heterocycles. The van der Waals surface area contributed by atoms with Gasteiger partial charge in [0.2, 0.25) is 0 Å². The summed E-state index contributed by atoms with van der Waals surface area (Å²) >= 11 is 0. The van der Waals surface area contributed by atoms with Crippen molar-refractivity contribution in [1.82, 2.24) is 9.78 Å². The van der Waals surface area contributed by atoms with Crippen LogP contribution in [0.2, 0.25) is 0 Å². The highest BCUT2D eigenvalue weighted by molar-refractivity contribution is 5.91. The number of ether oxygens (including phenoxy) is 2. The Bertz CT molecular complexity index is 1290. The van der Waals surface area contributed by atoms with Crippen LogP contribution in [0.3, 0.4) is 0 Å². The van der Waals surface area contributed by atoms with E-state index in [0.717, 1.165) is 51.9 Å². The number of hydrogen-bond acceptors (Lipinski definition) is 4. The Morgan fingerprint density at radius 1 is 0.971 bits per heavy atom. The predicted octanol–water partition coefficient (Wildman–Crippen LogP) is 5.69. The van der Waals surface area contributed by atoms with Gasteiger partial charge >= 0.3 is 5.97 Å². The zero-order chi connectivity index (χ0) is 24.8. The third-order valence-corrected chi connectivity index (χ3v) is 6.11. The SMILES string of the molecule is CCCOC(Cc1ccc(OCCc2cn(-c3ccc(C)cc3)nc2C)c2ccccc12)C(=O)O. The van der Waals surface area contributed by atoms with Crippen molar-refractivity contribution in [3.63, 3.8) is 0 Å². The van der Waals surface area contributed by atoms with Gasteiger partial charge in [-0.1, -0.05) is 55.0 Å². The molecule has 1 unspecified atom stereocenters. The first-order valence-electron chi connectivity index (χ1n) is 12.1. The smallest absolute Gasteiger partial charge is 0.333 e. The van der Waals surface area contributed by atoms with E-state index in [2.05, 4.69) is 42.5 Å². The van der Waals surface area contributed by atoms with E-state index in [1.54, 1.807) is 0 Å². The molecule has 0 saturated heterocycles. The Kier molecular flexibility index (Phi) is 7.83. The van der Waals surface area contributed by atoms with E-state index >= 15 is 0 Å². The Labute approximate surface area is 206 Å². The lowest BCUT2D eigenvalue weighted by Gasteiger charge is -2.16. The molecule has 0 fully saturated rings. The minimum Gasteiger partial charge on any atom is -0.493 e. The molecule has 0 aliphatic rings. The van der Waals surface area contributed by atoms with Crippen molar-refractivity contribution in [2.75, 3.05) is 13.2 Å². The molecule has 1 N–H and O–H groups in total. The number of carboxylic acid groups (broad SMARTS) is 1. The fraction of sp³-hybridized carbons (Fsp3) is 0.310. The number of carbonyl (C=O) groups is 1. The Hall–Kier alpha value is -3.64. The van der Waals surface area contributed by atoms with Crippen LogP contribution in [0, 0.1) is 13.8 Å². The van der Waals surface area contributed by atoms with Gasteiger partial charge in [0.05, 0.1) is 18.0 Å². The molecule has 35 heavy (non-hydrogen) atoms. The number of aromatic nitrogens is 2. The maximum Gasteiger partial charge on any atom is 0.333 e. The molecule has 0 spiro atoms. The average Bonchev–Trinajstić information content (AvgIpc) is 3.23. The zero-order valence-electron chi connectivity index (χ0n) is 20.5. The standard InChI is InChI=1S/C29H32N2O4/c1-4-16-34-28(29(32)33)18-22-11-14-27(26-8-6-5-7-25(22)26)35-17-15-23-19-31(30-21(23)3)24-12-9-20(2)10-13-24/h5-14,19,28H,4,15-18H2,1-3H3,(H,32,33). The lowest BCUT2D eigenvalue weighted by Crippen LogP contribution is -2.26. The Balaban J connectivity index is 1.47. The van der Waals surface area contributed by atoms with E-state index in [9.17, 15) is 9.90 Å². The number of carboxylic acids is 1. The number of hydrogen-bond donors (Lipinski definition) is 1. The molecule has 4 aromatic rings. The summed E-state index contributed by atoms with van der Waals surface area (Å²) in [6.45, 7) is 7.00. The highest BCUT2D eigenvalue weighted by Gasteiger charge is 2.20. The summed E-state index contributed by atoms with van der Waals surface area (Å²) in [5.74, 6) is -0.154. The summed E-state index contributed by atoms with van der Waals surface area (Å²) in [4.78, 5) is 11.7. The molecule has 6 nitrogen and oxygen atoms in total. The zero-order valence-corrected chi connectivity index (χ0v) is 20.5. The third-order valence-electron chi connectivity index (χ3n) is 6.11. The van der Waals surface area contributed by atoms with Crippen LogP contribution in [0.25, 0.3) is 16.5 Å². The fourth-order valence-electron chi connectivity index (χ4n) is 4.16. The minimum absolute atomic E-state index is 0.313. The van der Waals surface area contributed by atoms with E-state index < -0.39 is 12.1 Å².